The molecule has 2 aromatic rings. The van der Waals surface area contributed by atoms with Crippen LogP contribution in [0.5, 0.6) is 0 Å². The summed E-state index contributed by atoms with van der Waals surface area (Å²) < 4.78 is 1.65. The van der Waals surface area contributed by atoms with Crippen LogP contribution in [-0.2, 0) is 4.79 Å². The van der Waals surface area contributed by atoms with Gasteiger partial charge in [0.05, 0.1) is 5.56 Å². The molecule has 5 nitrogen and oxygen atoms in total. The van der Waals surface area contributed by atoms with Gasteiger partial charge in [0.1, 0.15) is 6.04 Å². The first-order valence-electron chi connectivity index (χ1n) is 6.46. The highest BCUT2D eigenvalue weighted by Crippen LogP contribution is 2.24. The van der Waals surface area contributed by atoms with Gasteiger partial charge in [-0.2, -0.15) is 0 Å². The van der Waals surface area contributed by atoms with Crippen LogP contribution in [0.15, 0.2) is 30.6 Å². The van der Waals surface area contributed by atoms with E-state index < -0.39 is 18.0 Å². The van der Waals surface area contributed by atoms with Gasteiger partial charge in [0.2, 0.25) is 0 Å². The lowest BCUT2D eigenvalue weighted by atomic mass is 10.0. The predicted octanol–water partition coefficient (Wildman–Crippen LogP) is 3.01. The van der Waals surface area contributed by atoms with Gasteiger partial charge < -0.3 is 14.8 Å². The zero-order valence-corrected chi connectivity index (χ0v) is 11.4. The number of fused-ring (bicyclic) bond motifs is 1. The second-order valence-corrected chi connectivity index (χ2v) is 5.34. The molecule has 1 aromatic heterocycles. The highest BCUT2D eigenvalue weighted by atomic mass is 16.4. The quantitative estimate of drug-likeness (QED) is 0.879. The Balaban J connectivity index is 2.43. The summed E-state index contributed by atoms with van der Waals surface area (Å²) in [6.45, 7) is 3.95. The van der Waals surface area contributed by atoms with E-state index in [1.165, 1.54) is 6.07 Å². The maximum atomic E-state index is 11.4. The van der Waals surface area contributed by atoms with E-state index >= 15 is 0 Å². The van der Waals surface area contributed by atoms with Gasteiger partial charge in [-0.15, -0.1) is 0 Å². The molecule has 0 spiro atoms. The zero-order valence-electron chi connectivity index (χ0n) is 11.4. The SMILES string of the molecule is CC(C)CC(C(=O)O)n1cc2ccc(C(=O)O)cc2c1. The Kier molecular flexibility index (Phi) is 3.79. The first kappa shape index (κ1) is 14.1. The number of hydrogen-bond acceptors (Lipinski definition) is 2. The maximum absolute atomic E-state index is 11.4. The van der Waals surface area contributed by atoms with Crippen LogP contribution in [0.2, 0.25) is 0 Å². The van der Waals surface area contributed by atoms with Crippen molar-refractivity contribution in [3.05, 3.63) is 36.2 Å². The summed E-state index contributed by atoms with van der Waals surface area (Å²) in [5, 5.41) is 19.9. The van der Waals surface area contributed by atoms with E-state index in [0.29, 0.717) is 6.42 Å². The van der Waals surface area contributed by atoms with Crippen LogP contribution >= 0.6 is 0 Å². The van der Waals surface area contributed by atoms with E-state index in [2.05, 4.69) is 0 Å². The molecule has 0 fully saturated rings. The average Bonchev–Trinajstić information content (AvgIpc) is 2.77. The number of carboxylic acid groups (broad SMARTS) is 2. The van der Waals surface area contributed by atoms with Crippen molar-refractivity contribution < 1.29 is 19.8 Å². The van der Waals surface area contributed by atoms with E-state index in [0.717, 1.165) is 10.8 Å². The number of aromatic nitrogens is 1. The predicted molar refractivity (Wildman–Crippen MR) is 75.0 cm³/mol. The molecule has 1 unspecified atom stereocenters. The number of aromatic carboxylic acids is 1. The molecule has 0 saturated heterocycles. The minimum atomic E-state index is -0.989. The van der Waals surface area contributed by atoms with Gasteiger partial charge in [-0.05, 0) is 29.9 Å². The van der Waals surface area contributed by atoms with Gasteiger partial charge in [-0.1, -0.05) is 19.9 Å². The van der Waals surface area contributed by atoms with Crippen molar-refractivity contribution in [3.8, 4) is 0 Å². The summed E-state index contributed by atoms with van der Waals surface area (Å²) in [6.07, 6.45) is 3.98. The van der Waals surface area contributed by atoms with Crippen LogP contribution in [0.1, 0.15) is 36.7 Å². The van der Waals surface area contributed by atoms with Crippen molar-refractivity contribution in [2.24, 2.45) is 5.92 Å². The second kappa shape index (κ2) is 5.36. The Morgan fingerprint density at radius 3 is 2.35 bits per heavy atom. The van der Waals surface area contributed by atoms with Crippen LogP contribution in [0.25, 0.3) is 10.8 Å². The Hall–Kier alpha value is -2.30. The largest absolute Gasteiger partial charge is 0.480 e. The molecule has 0 aliphatic heterocycles. The van der Waals surface area contributed by atoms with E-state index in [1.54, 1.807) is 29.1 Å². The lowest BCUT2D eigenvalue weighted by molar-refractivity contribution is -0.141. The minimum absolute atomic E-state index is 0.200. The number of rotatable bonds is 5. The Labute approximate surface area is 116 Å². The van der Waals surface area contributed by atoms with E-state index in [9.17, 15) is 14.7 Å². The topological polar surface area (TPSA) is 79.5 Å². The monoisotopic (exact) mass is 275 g/mol. The number of carbonyl (C=O) groups is 2. The minimum Gasteiger partial charge on any atom is -0.480 e. The van der Waals surface area contributed by atoms with Crippen LogP contribution < -0.4 is 0 Å². The van der Waals surface area contributed by atoms with Gasteiger partial charge >= 0.3 is 11.9 Å². The third-order valence-corrected chi connectivity index (χ3v) is 3.25. The lowest BCUT2D eigenvalue weighted by Crippen LogP contribution is -2.19. The smallest absolute Gasteiger partial charge is 0.335 e. The second-order valence-electron chi connectivity index (χ2n) is 5.34. The molecule has 0 radical (unpaired) electrons. The number of nitrogens with zero attached hydrogens (tertiary/aromatic N) is 1. The number of carboxylic acids is 2. The third kappa shape index (κ3) is 2.82. The van der Waals surface area contributed by atoms with Crippen molar-refractivity contribution in [2.45, 2.75) is 26.3 Å². The molecule has 2 N–H and O–H groups in total. The van der Waals surface area contributed by atoms with Crippen molar-refractivity contribution in [1.29, 1.82) is 0 Å². The number of benzene rings is 1. The third-order valence-electron chi connectivity index (χ3n) is 3.25. The summed E-state index contributed by atoms with van der Waals surface area (Å²) in [6, 6.07) is 4.15. The Morgan fingerprint density at radius 1 is 1.15 bits per heavy atom. The fourth-order valence-electron chi connectivity index (χ4n) is 2.27. The summed E-state index contributed by atoms with van der Waals surface area (Å²) >= 11 is 0. The molecule has 0 aliphatic rings. The first-order valence-corrected chi connectivity index (χ1v) is 6.46. The lowest BCUT2D eigenvalue weighted by Gasteiger charge is -2.16. The fourth-order valence-corrected chi connectivity index (χ4v) is 2.27. The molecule has 2 rings (SSSR count). The van der Waals surface area contributed by atoms with Crippen LogP contribution in [0.3, 0.4) is 0 Å². The molecule has 0 aliphatic carbocycles. The molecule has 0 saturated carbocycles. The van der Waals surface area contributed by atoms with Crippen molar-refractivity contribution in [2.75, 3.05) is 0 Å². The van der Waals surface area contributed by atoms with Gasteiger partial charge in [0.25, 0.3) is 0 Å². The fraction of sp³-hybridized carbons (Fsp3) is 0.333. The Bertz CT molecular complexity index is 657. The average molecular weight is 275 g/mol. The molecule has 0 bridgehead atoms. The van der Waals surface area contributed by atoms with Crippen LogP contribution in [0.4, 0.5) is 0 Å². The molecule has 1 aromatic carbocycles. The molecule has 1 heterocycles. The molecular weight excluding hydrogens is 258 g/mol. The van der Waals surface area contributed by atoms with Gasteiger partial charge in [-0.25, -0.2) is 9.59 Å². The zero-order chi connectivity index (χ0) is 14.9. The molecule has 20 heavy (non-hydrogen) atoms. The summed E-state index contributed by atoms with van der Waals surface area (Å²) in [5.41, 5.74) is 0.200. The maximum Gasteiger partial charge on any atom is 0.335 e. The molecule has 0 amide bonds. The standard InChI is InChI=1S/C15H17NO4/c1-9(2)5-13(15(19)20)16-7-11-4-3-10(14(17)18)6-12(11)8-16/h3-4,6-9,13H,5H2,1-2H3,(H,17,18)(H,19,20). The number of aliphatic carboxylic acids is 1. The van der Waals surface area contributed by atoms with Crippen molar-refractivity contribution in [1.82, 2.24) is 4.57 Å². The summed E-state index contributed by atoms with van der Waals surface area (Å²) in [7, 11) is 0. The van der Waals surface area contributed by atoms with E-state index in [-0.39, 0.29) is 11.5 Å². The first-order chi connectivity index (χ1) is 9.38. The molecule has 1 atom stereocenters. The molecular formula is C15H17NO4. The number of hydrogen-bond donors (Lipinski definition) is 2. The van der Waals surface area contributed by atoms with Gasteiger partial charge in [-0.3, -0.25) is 0 Å². The van der Waals surface area contributed by atoms with Crippen LogP contribution in [-0.4, -0.2) is 26.7 Å². The summed E-state index contributed by atoms with van der Waals surface area (Å²) in [4.78, 5) is 22.3. The van der Waals surface area contributed by atoms with E-state index in [1.807, 2.05) is 13.8 Å². The van der Waals surface area contributed by atoms with Crippen LogP contribution in [0, 0.1) is 5.92 Å². The van der Waals surface area contributed by atoms with Gasteiger partial charge in [0.15, 0.2) is 0 Å². The summed E-state index contributed by atoms with van der Waals surface area (Å²) in [5.74, 6) is -1.61. The van der Waals surface area contributed by atoms with E-state index in [4.69, 9.17) is 5.11 Å². The Morgan fingerprint density at radius 2 is 1.80 bits per heavy atom. The normalized spacial score (nSPS) is 12.8. The molecule has 5 heteroatoms. The van der Waals surface area contributed by atoms with Crippen molar-refractivity contribution >= 4 is 22.7 Å². The highest BCUT2D eigenvalue weighted by molar-refractivity contribution is 5.94. The van der Waals surface area contributed by atoms with Crippen molar-refractivity contribution in [3.63, 3.8) is 0 Å². The highest BCUT2D eigenvalue weighted by Gasteiger charge is 2.21. The molecule has 106 valence electrons. The van der Waals surface area contributed by atoms with Gasteiger partial charge in [0, 0.05) is 17.8 Å².